The Morgan fingerprint density at radius 1 is 1.39 bits per heavy atom. The normalized spacial score (nSPS) is 18.2. The molecule has 1 aliphatic carbocycles. The van der Waals surface area contributed by atoms with Gasteiger partial charge in [0.15, 0.2) is 0 Å². The van der Waals surface area contributed by atoms with Crippen molar-refractivity contribution in [2.45, 2.75) is 45.4 Å². The van der Waals surface area contributed by atoms with Crippen LogP contribution in [-0.4, -0.2) is 13.1 Å². The smallest absolute Gasteiger partial charge is 0.0270 e. The topological polar surface area (TPSA) is 12.0 Å². The lowest BCUT2D eigenvalue weighted by molar-refractivity contribution is 0.397. The molecule has 0 aromatic carbocycles. The van der Waals surface area contributed by atoms with Crippen molar-refractivity contribution < 1.29 is 0 Å². The predicted octanol–water partition coefficient (Wildman–Crippen LogP) is 4.71. The van der Waals surface area contributed by atoms with Crippen molar-refractivity contribution in [2.24, 2.45) is 5.92 Å². The summed E-state index contributed by atoms with van der Waals surface area (Å²) in [6.07, 6.45) is 10.7. The van der Waals surface area contributed by atoms with E-state index in [1.807, 2.05) is 11.3 Å². The minimum absolute atomic E-state index is 0.824. The molecule has 0 unspecified atom stereocenters. The maximum Gasteiger partial charge on any atom is 0.0270 e. The molecular weight excluding hydrogens is 238 g/mol. The van der Waals surface area contributed by atoms with Crippen LogP contribution in [0.2, 0.25) is 0 Å². The summed E-state index contributed by atoms with van der Waals surface area (Å²) in [5.41, 5.74) is 1.63. The largest absolute Gasteiger partial charge is 0.313 e. The quantitative estimate of drug-likeness (QED) is 0.733. The molecule has 0 radical (unpaired) electrons. The lowest BCUT2D eigenvalue weighted by atomic mass is 9.83. The second kappa shape index (κ2) is 7.75. The van der Waals surface area contributed by atoms with Gasteiger partial charge in [-0.05, 0) is 49.2 Å². The molecule has 100 valence electrons. The van der Waals surface area contributed by atoms with Crippen molar-refractivity contribution in [3.05, 3.63) is 28.0 Å². The Balaban J connectivity index is 2.01. The van der Waals surface area contributed by atoms with E-state index in [0.717, 1.165) is 19.0 Å². The molecule has 1 heterocycles. The van der Waals surface area contributed by atoms with Crippen LogP contribution in [0.4, 0.5) is 0 Å². The summed E-state index contributed by atoms with van der Waals surface area (Å²) in [6.45, 7) is 4.45. The van der Waals surface area contributed by atoms with Gasteiger partial charge in [0, 0.05) is 11.4 Å². The van der Waals surface area contributed by atoms with Crippen molar-refractivity contribution in [1.82, 2.24) is 5.32 Å². The summed E-state index contributed by atoms with van der Waals surface area (Å²) in [6, 6.07) is 4.38. The van der Waals surface area contributed by atoms with Crippen LogP contribution in [0.15, 0.2) is 23.1 Å². The van der Waals surface area contributed by atoms with Gasteiger partial charge in [0.1, 0.15) is 0 Å². The highest BCUT2D eigenvalue weighted by Crippen LogP contribution is 2.31. The van der Waals surface area contributed by atoms with E-state index in [2.05, 4.69) is 35.8 Å². The van der Waals surface area contributed by atoms with Gasteiger partial charge in [-0.15, -0.1) is 11.3 Å². The molecule has 1 aliphatic rings. The molecule has 1 aromatic rings. The molecule has 1 saturated carbocycles. The van der Waals surface area contributed by atoms with Crippen LogP contribution in [-0.2, 0) is 0 Å². The first kappa shape index (κ1) is 13.8. The Hall–Kier alpha value is -0.600. The fourth-order valence-electron chi connectivity index (χ4n) is 2.75. The Morgan fingerprint density at radius 3 is 2.89 bits per heavy atom. The summed E-state index contributed by atoms with van der Waals surface area (Å²) in [5.74, 6) is 0.824. The first-order valence-corrected chi connectivity index (χ1v) is 8.23. The van der Waals surface area contributed by atoms with Crippen LogP contribution in [0.1, 0.15) is 50.3 Å². The van der Waals surface area contributed by atoms with Crippen molar-refractivity contribution in [2.75, 3.05) is 13.1 Å². The van der Waals surface area contributed by atoms with Gasteiger partial charge < -0.3 is 5.32 Å². The number of hydrogen-bond donors (Lipinski definition) is 1. The van der Waals surface area contributed by atoms with Gasteiger partial charge in [-0.2, -0.15) is 0 Å². The molecule has 0 atom stereocenters. The molecule has 18 heavy (non-hydrogen) atoms. The molecule has 1 nitrogen and oxygen atoms in total. The Morgan fingerprint density at radius 2 is 2.22 bits per heavy atom. The lowest BCUT2D eigenvalue weighted by Crippen LogP contribution is -2.22. The molecule has 1 aromatic heterocycles. The fraction of sp³-hybridized carbons (Fsp3) is 0.625. The van der Waals surface area contributed by atoms with E-state index in [1.165, 1.54) is 43.4 Å². The summed E-state index contributed by atoms with van der Waals surface area (Å²) >= 11 is 1.85. The lowest BCUT2D eigenvalue weighted by Gasteiger charge is -2.25. The number of rotatable bonds is 6. The molecule has 0 amide bonds. The third kappa shape index (κ3) is 4.25. The zero-order chi connectivity index (χ0) is 12.6. The van der Waals surface area contributed by atoms with E-state index in [4.69, 9.17) is 0 Å². The van der Waals surface area contributed by atoms with Gasteiger partial charge in [0.05, 0.1) is 0 Å². The zero-order valence-corrected chi connectivity index (χ0v) is 12.3. The fourth-order valence-corrected chi connectivity index (χ4v) is 3.44. The summed E-state index contributed by atoms with van der Waals surface area (Å²) in [7, 11) is 0. The summed E-state index contributed by atoms with van der Waals surface area (Å²) < 4.78 is 0. The van der Waals surface area contributed by atoms with Gasteiger partial charge in [0.25, 0.3) is 0 Å². The third-order valence-electron chi connectivity index (χ3n) is 3.76. The van der Waals surface area contributed by atoms with Gasteiger partial charge in [-0.1, -0.05) is 37.8 Å². The highest BCUT2D eigenvalue weighted by molar-refractivity contribution is 7.10. The van der Waals surface area contributed by atoms with Crippen molar-refractivity contribution in [3.8, 4) is 0 Å². The predicted molar refractivity (Wildman–Crippen MR) is 82.0 cm³/mol. The highest BCUT2D eigenvalue weighted by Gasteiger charge is 2.17. The van der Waals surface area contributed by atoms with Crippen LogP contribution in [0, 0.1) is 5.92 Å². The molecule has 2 rings (SSSR count). The first-order valence-electron chi connectivity index (χ1n) is 7.35. The SMILES string of the molecule is CCCNCC(=Cc1cccs1)C1CCCCC1. The van der Waals surface area contributed by atoms with Crippen molar-refractivity contribution in [1.29, 1.82) is 0 Å². The van der Waals surface area contributed by atoms with Crippen molar-refractivity contribution in [3.63, 3.8) is 0 Å². The standard InChI is InChI=1S/C16H25NS/c1-2-10-17-13-15(12-16-9-6-11-18-16)14-7-4-3-5-8-14/h6,9,11-12,14,17H,2-5,7-8,10,13H2,1H3. The number of thiophene rings is 1. The molecule has 1 fully saturated rings. The number of hydrogen-bond acceptors (Lipinski definition) is 2. The van der Waals surface area contributed by atoms with Gasteiger partial charge in [0.2, 0.25) is 0 Å². The maximum atomic E-state index is 3.58. The van der Waals surface area contributed by atoms with E-state index >= 15 is 0 Å². The van der Waals surface area contributed by atoms with Crippen LogP contribution >= 0.6 is 11.3 Å². The van der Waals surface area contributed by atoms with E-state index < -0.39 is 0 Å². The zero-order valence-electron chi connectivity index (χ0n) is 11.5. The van der Waals surface area contributed by atoms with E-state index in [9.17, 15) is 0 Å². The number of nitrogens with one attached hydrogen (secondary N) is 1. The monoisotopic (exact) mass is 263 g/mol. The Bertz CT molecular complexity index is 347. The molecule has 0 spiro atoms. The average Bonchev–Trinajstić information content (AvgIpc) is 2.92. The molecule has 0 aliphatic heterocycles. The molecule has 0 saturated heterocycles. The second-order valence-corrected chi connectivity index (χ2v) is 6.23. The molecule has 0 bridgehead atoms. The van der Waals surface area contributed by atoms with E-state index in [-0.39, 0.29) is 0 Å². The van der Waals surface area contributed by atoms with Crippen LogP contribution in [0.5, 0.6) is 0 Å². The Kier molecular flexibility index (Phi) is 5.95. The average molecular weight is 263 g/mol. The van der Waals surface area contributed by atoms with Gasteiger partial charge in [-0.3, -0.25) is 0 Å². The van der Waals surface area contributed by atoms with E-state index in [0.29, 0.717) is 0 Å². The van der Waals surface area contributed by atoms with Gasteiger partial charge in [-0.25, -0.2) is 0 Å². The van der Waals surface area contributed by atoms with Crippen molar-refractivity contribution >= 4 is 17.4 Å². The summed E-state index contributed by atoms with van der Waals surface area (Å²) in [5, 5.41) is 5.75. The van der Waals surface area contributed by atoms with Gasteiger partial charge >= 0.3 is 0 Å². The first-order chi connectivity index (χ1) is 8.90. The van der Waals surface area contributed by atoms with Crippen LogP contribution in [0.3, 0.4) is 0 Å². The highest BCUT2D eigenvalue weighted by atomic mass is 32.1. The van der Waals surface area contributed by atoms with E-state index in [1.54, 1.807) is 5.57 Å². The maximum absolute atomic E-state index is 3.58. The third-order valence-corrected chi connectivity index (χ3v) is 4.58. The van der Waals surface area contributed by atoms with Crippen LogP contribution < -0.4 is 5.32 Å². The Labute approximate surface area is 115 Å². The molecular formula is C16H25NS. The summed E-state index contributed by atoms with van der Waals surface area (Å²) in [4.78, 5) is 1.41. The second-order valence-electron chi connectivity index (χ2n) is 5.25. The van der Waals surface area contributed by atoms with Crippen LogP contribution in [0.25, 0.3) is 6.08 Å². The molecule has 1 N–H and O–H groups in total. The minimum Gasteiger partial charge on any atom is -0.313 e. The minimum atomic E-state index is 0.824. The molecule has 2 heteroatoms.